The molecule has 0 radical (unpaired) electrons. The van der Waals surface area contributed by atoms with E-state index in [1.54, 1.807) is 17.6 Å². The first kappa shape index (κ1) is 16.8. The maximum atomic E-state index is 10.1. The normalized spacial score (nSPS) is 12.5. The third-order valence-corrected chi connectivity index (χ3v) is 4.79. The van der Waals surface area contributed by atoms with Gasteiger partial charge in [0.1, 0.15) is 34.6 Å². The van der Waals surface area contributed by atoms with Crippen LogP contribution in [0.4, 0.5) is 0 Å². The van der Waals surface area contributed by atoms with Gasteiger partial charge in [-0.3, -0.25) is 0 Å². The quantitative estimate of drug-likeness (QED) is 0.492. The van der Waals surface area contributed by atoms with Gasteiger partial charge in [-0.2, -0.15) is 0 Å². The molecule has 0 fully saturated rings. The van der Waals surface area contributed by atoms with E-state index in [0.29, 0.717) is 18.8 Å². The topological polar surface area (TPSA) is 80.7 Å². The number of ether oxygens (including phenoxy) is 1. The summed E-state index contributed by atoms with van der Waals surface area (Å²) in [5.41, 5.74) is 2.52. The van der Waals surface area contributed by atoms with Gasteiger partial charge in [-0.1, -0.05) is 17.3 Å². The zero-order valence-electron chi connectivity index (χ0n) is 13.9. The fraction of sp³-hybridized carbons (Fsp3) is 0.211. The van der Waals surface area contributed by atoms with Gasteiger partial charge in [0.15, 0.2) is 5.58 Å². The van der Waals surface area contributed by atoms with Gasteiger partial charge in [-0.15, -0.1) is 11.3 Å². The molecule has 0 saturated heterocycles. The number of aliphatic hydroxyl groups excluding tert-OH is 1. The van der Waals surface area contributed by atoms with Crippen LogP contribution in [-0.4, -0.2) is 29.5 Å². The molecule has 1 aromatic carbocycles. The van der Waals surface area contributed by atoms with E-state index in [9.17, 15) is 5.11 Å². The number of rotatable bonds is 8. The van der Waals surface area contributed by atoms with Crippen LogP contribution in [0.2, 0.25) is 0 Å². The maximum absolute atomic E-state index is 10.1. The summed E-state index contributed by atoms with van der Waals surface area (Å²) < 4.78 is 17.3. The van der Waals surface area contributed by atoms with Crippen LogP contribution in [0.15, 0.2) is 63.0 Å². The number of hydrogen-bond donors (Lipinski definition) is 2. The molecule has 3 aromatic heterocycles. The van der Waals surface area contributed by atoms with Crippen molar-refractivity contribution in [2.24, 2.45) is 0 Å². The summed E-state index contributed by atoms with van der Waals surface area (Å²) in [5, 5.41) is 19.3. The maximum Gasteiger partial charge on any atom is 0.178 e. The molecule has 0 saturated carbocycles. The van der Waals surface area contributed by atoms with E-state index in [1.165, 1.54) is 0 Å². The summed E-state index contributed by atoms with van der Waals surface area (Å²) in [6.07, 6.45) is 1.01. The summed E-state index contributed by atoms with van der Waals surface area (Å²) in [5.74, 6) is 1.51. The number of thiophene rings is 1. The van der Waals surface area contributed by atoms with Crippen molar-refractivity contribution < 1.29 is 18.8 Å². The number of aliphatic hydroxyl groups is 1. The van der Waals surface area contributed by atoms with Gasteiger partial charge in [-0.25, -0.2) is 0 Å². The number of hydrogen-bond acceptors (Lipinski definition) is 7. The molecule has 3 heterocycles. The Morgan fingerprint density at radius 3 is 3.08 bits per heavy atom. The van der Waals surface area contributed by atoms with Crippen LogP contribution < -0.4 is 10.1 Å². The highest BCUT2D eigenvalue weighted by atomic mass is 32.1. The van der Waals surface area contributed by atoms with Gasteiger partial charge in [0.2, 0.25) is 0 Å². The Morgan fingerprint density at radius 2 is 2.19 bits per heavy atom. The average molecular weight is 370 g/mol. The molecule has 0 aliphatic heterocycles. The van der Waals surface area contributed by atoms with Crippen molar-refractivity contribution in [3.8, 4) is 17.0 Å². The van der Waals surface area contributed by atoms with Crippen LogP contribution in [-0.2, 0) is 6.54 Å². The third-order valence-electron chi connectivity index (χ3n) is 3.89. The van der Waals surface area contributed by atoms with Crippen molar-refractivity contribution in [2.75, 3.05) is 13.2 Å². The molecule has 1 atom stereocenters. The second kappa shape index (κ2) is 7.74. The monoisotopic (exact) mass is 370 g/mol. The largest absolute Gasteiger partial charge is 0.491 e. The van der Waals surface area contributed by atoms with E-state index in [2.05, 4.69) is 10.5 Å². The molecule has 0 aliphatic rings. The Hall–Kier alpha value is -2.61. The second-order valence-electron chi connectivity index (χ2n) is 5.85. The van der Waals surface area contributed by atoms with Crippen LogP contribution in [0.3, 0.4) is 0 Å². The van der Waals surface area contributed by atoms with E-state index >= 15 is 0 Å². The predicted octanol–water partition coefficient (Wildman–Crippen LogP) is 3.68. The lowest BCUT2D eigenvalue weighted by molar-refractivity contribution is 0.106. The van der Waals surface area contributed by atoms with E-state index in [0.717, 1.165) is 27.3 Å². The Labute approximate surface area is 154 Å². The first-order valence-electron chi connectivity index (χ1n) is 8.27. The molecule has 0 amide bonds. The van der Waals surface area contributed by atoms with Crippen LogP contribution in [0.5, 0.6) is 5.75 Å². The summed E-state index contributed by atoms with van der Waals surface area (Å²) in [4.78, 5) is 0. The Bertz CT molecular complexity index is 961. The first-order chi connectivity index (χ1) is 12.8. The molecule has 4 rings (SSSR count). The fourth-order valence-corrected chi connectivity index (χ4v) is 3.44. The number of nitrogens with zero attached hydrogens (tertiary/aromatic N) is 1. The molecule has 0 aliphatic carbocycles. The summed E-state index contributed by atoms with van der Waals surface area (Å²) in [6.45, 7) is 1.18. The average Bonchev–Trinajstić information content (AvgIpc) is 3.38. The van der Waals surface area contributed by atoms with Gasteiger partial charge < -0.3 is 24.1 Å². The van der Waals surface area contributed by atoms with Crippen LogP contribution in [0, 0.1) is 0 Å². The zero-order chi connectivity index (χ0) is 17.8. The SMILES string of the molecule is O[C@H](CNCc1ccco1)COc1cccc(-c2noc3ccsc23)c1. The van der Waals surface area contributed by atoms with Gasteiger partial charge in [0.05, 0.1) is 12.8 Å². The molecule has 6 nitrogen and oxygen atoms in total. The van der Waals surface area contributed by atoms with E-state index in [1.807, 2.05) is 47.8 Å². The minimum absolute atomic E-state index is 0.196. The molecule has 26 heavy (non-hydrogen) atoms. The van der Waals surface area contributed by atoms with Gasteiger partial charge in [0.25, 0.3) is 0 Å². The Kier molecular flexibility index (Phi) is 5.01. The highest BCUT2D eigenvalue weighted by Gasteiger charge is 2.12. The van der Waals surface area contributed by atoms with Gasteiger partial charge in [-0.05, 0) is 35.7 Å². The van der Waals surface area contributed by atoms with Crippen molar-refractivity contribution in [1.29, 1.82) is 0 Å². The molecule has 0 spiro atoms. The van der Waals surface area contributed by atoms with Crippen molar-refractivity contribution >= 4 is 21.6 Å². The smallest absolute Gasteiger partial charge is 0.178 e. The molecule has 134 valence electrons. The minimum Gasteiger partial charge on any atom is -0.491 e. The number of furan rings is 1. The number of aromatic nitrogens is 1. The molecule has 2 N–H and O–H groups in total. The van der Waals surface area contributed by atoms with Crippen LogP contribution >= 0.6 is 11.3 Å². The molecule has 4 aromatic rings. The van der Waals surface area contributed by atoms with E-state index in [4.69, 9.17) is 13.7 Å². The Morgan fingerprint density at radius 1 is 1.23 bits per heavy atom. The molecular weight excluding hydrogens is 352 g/mol. The van der Waals surface area contributed by atoms with E-state index < -0.39 is 6.10 Å². The lowest BCUT2D eigenvalue weighted by Crippen LogP contribution is -2.31. The molecular formula is C19H18N2O4S. The molecule has 7 heteroatoms. The molecule has 0 bridgehead atoms. The van der Waals surface area contributed by atoms with Crippen molar-refractivity contribution in [1.82, 2.24) is 10.5 Å². The lowest BCUT2D eigenvalue weighted by Gasteiger charge is -2.13. The second-order valence-corrected chi connectivity index (χ2v) is 6.76. The van der Waals surface area contributed by atoms with Crippen molar-refractivity contribution in [2.45, 2.75) is 12.6 Å². The molecule has 0 unspecified atom stereocenters. The lowest BCUT2D eigenvalue weighted by atomic mass is 10.1. The zero-order valence-corrected chi connectivity index (χ0v) is 14.7. The standard InChI is InChI=1S/C19H18N2O4S/c22-14(10-20-11-16-5-2-7-23-16)12-24-15-4-1-3-13(9-15)18-19-17(25-21-18)6-8-26-19/h1-9,14,20,22H,10-12H2/t14-/m1/s1. The minimum atomic E-state index is -0.621. The summed E-state index contributed by atoms with van der Waals surface area (Å²) >= 11 is 1.59. The third kappa shape index (κ3) is 3.80. The van der Waals surface area contributed by atoms with Crippen LogP contribution in [0.1, 0.15) is 5.76 Å². The fourth-order valence-electron chi connectivity index (χ4n) is 2.62. The van der Waals surface area contributed by atoms with Crippen molar-refractivity contribution in [3.63, 3.8) is 0 Å². The highest BCUT2D eigenvalue weighted by Crippen LogP contribution is 2.33. The summed E-state index contributed by atoms with van der Waals surface area (Å²) in [6, 6.07) is 13.3. The number of benzene rings is 1. The van der Waals surface area contributed by atoms with Crippen LogP contribution in [0.25, 0.3) is 21.5 Å². The van der Waals surface area contributed by atoms with Gasteiger partial charge in [0, 0.05) is 12.1 Å². The van der Waals surface area contributed by atoms with Crippen molar-refractivity contribution in [3.05, 3.63) is 59.9 Å². The number of fused-ring (bicyclic) bond motifs is 1. The highest BCUT2D eigenvalue weighted by molar-refractivity contribution is 7.17. The Balaban J connectivity index is 1.33. The van der Waals surface area contributed by atoms with E-state index in [-0.39, 0.29) is 6.61 Å². The predicted molar refractivity (Wildman–Crippen MR) is 99.2 cm³/mol. The summed E-state index contributed by atoms with van der Waals surface area (Å²) in [7, 11) is 0. The van der Waals surface area contributed by atoms with Gasteiger partial charge >= 0.3 is 0 Å². The number of nitrogens with one attached hydrogen (secondary N) is 1. The first-order valence-corrected chi connectivity index (χ1v) is 9.15.